The van der Waals surface area contributed by atoms with Crippen LogP contribution in [0.5, 0.6) is 0 Å². The molecule has 0 amide bonds. The molecule has 0 aliphatic heterocycles. The summed E-state index contributed by atoms with van der Waals surface area (Å²) in [4.78, 5) is 4.03. The van der Waals surface area contributed by atoms with E-state index in [1.165, 1.54) is 0 Å². The fourth-order valence-electron chi connectivity index (χ4n) is 1.85. The highest BCUT2D eigenvalue weighted by atomic mass is 35.5. The third-order valence-electron chi connectivity index (χ3n) is 2.88. The molecule has 0 aliphatic rings. The molecule has 0 radical (unpaired) electrons. The highest BCUT2D eigenvalue weighted by molar-refractivity contribution is 6.42. The number of hydrogen-bond donors (Lipinski definition) is 1. The number of aromatic nitrogens is 1. The van der Waals surface area contributed by atoms with Crippen LogP contribution in [-0.2, 0) is 6.42 Å². The number of halogens is 2. The van der Waals surface area contributed by atoms with Crippen LogP contribution in [0.3, 0.4) is 0 Å². The fourth-order valence-corrected chi connectivity index (χ4v) is 2.25. The number of rotatable bonds is 3. The van der Waals surface area contributed by atoms with E-state index in [9.17, 15) is 5.11 Å². The van der Waals surface area contributed by atoms with E-state index in [0.29, 0.717) is 16.5 Å². The maximum Gasteiger partial charge on any atom is 0.0848 e. The van der Waals surface area contributed by atoms with Crippen molar-refractivity contribution in [3.05, 3.63) is 63.4 Å². The molecule has 0 fully saturated rings. The Labute approximate surface area is 116 Å². The summed E-state index contributed by atoms with van der Waals surface area (Å²) in [5.74, 6) is 0. The number of aliphatic hydroxyl groups excluding tert-OH is 1. The minimum atomic E-state index is -0.630. The smallest absolute Gasteiger partial charge is 0.0848 e. The molecule has 0 saturated carbocycles. The van der Waals surface area contributed by atoms with E-state index in [-0.39, 0.29) is 0 Å². The second-order valence-corrected chi connectivity index (χ2v) is 4.95. The Morgan fingerprint density at radius 3 is 2.78 bits per heavy atom. The van der Waals surface area contributed by atoms with Gasteiger partial charge in [0.2, 0.25) is 0 Å². The number of pyridine rings is 1. The average Bonchev–Trinajstić information content (AvgIpc) is 2.35. The van der Waals surface area contributed by atoms with Crippen molar-refractivity contribution in [2.24, 2.45) is 0 Å². The lowest BCUT2D eigenvalue weighted by molar-refractivity contribution is 0.177. The first kappa shape index (κ1) is 13.3. The third kappa shape index (κ3) is 2.83. The molecule has 1 N–H and O–H groups in total. The zero-order valence-corrected chi connectivity index (χ0v) is 11.4. The van der Waals surface area contributed by atoms with Crippen LogP contribution in [0.25, 0.3) is 0 Å². The van der Waals surface area contributed by atoms with Gasteiger partial charge >= 0.3 is 0 Å². The number of hydrogen-bond acceptors (Lipinski definition) is 2. The van der Waals surface area contributed by atoms with E-state index in [4.69, 9.17) is 23.2 Å². The van der Waals surface area contributed by atoms with Gasteiger partial charge in [-0.3, -0.25) is 4.98 Å². The minimum Gasteiger partial charge on any atom is -0.388 e. The predicted octanol–water partition coefficient (Wildman–Crippen LogP) is 3.97. The number of nitrogens with zero attached hydrogens (tertiary/aromatic N) is 1. The van der Waals surface area contributed by atoms with Crippen LogP contribution in [0.15, 0.2) is 36.7 Å². The quantitative estimate of drug-likeness (QED) is 0.923. The third-order valence-corrected chi connectivity index (χ3v) is 3.74. The first-order valence-corrected chi connectivity index (χ1v) is 6.36. The lowest BCUT2D eigenvalue weighted by Gasteiger charge is -2.14. The van der Waals surface area contributed by atoms with Gasteiger partial charge in [0.25, 0.3) is 0 Å². The number of aliphatic hydroxyl groups is 1. The van der Waals surface area contributed by atoms with Crippen LogP contribution in [0.1, 0.15) is 22.8 Å². The zero-order valence-electron chi connectivity index (χ0n) is 9.90. The molecular weight excluding hydrogens is 269 g/mol. The molecule has 94 valence electrons. The average molecular weight is 282 g/mol. The standard InChI is InChI=1S/C14H13Cl2NO/c1-9-5-6-17-8-11(9)13(18)7-10-3-2-4-12(15)14(10)16/h2-6,8,13,18H,7H2,1H3. The molecule has 1 atom stereocenters. The van der Waals surface area contributed by atoms with Crippen LogP contribution in [-0.4, -0.2) is 10.1 Å². The van der Waals surface area contributed by atoms with E-state index < -0.39 is 6.10 Å². The second-order valence-electron chi connectivity index (χ2n) is 4.17. The second kappa shape index (κ2) is 5.70. The molecule has 2 nitrogen and oxygen atoms in total. The van der Waals surface area contributed by atoms with Crippen molar-refractivity contribution in [1.29, 1.82) is 0 Å². The van der Waals surface area contributed by atoms with Crippen LogP contribution in [0, 0.1) is 6.92 Å². The molecule has 0 spiro atoms. The van der Waals surface area contributed by atoms with Crippen molar-refractivity contribution in [2.45, 2.75) is 19.4 Å². The maximum atomic E-state index is 10.2. The molecule has 0 saturated heterocycles. The van der Waals surface area contributed by atoms with Gasteiger partial charge in [0, 0.05) is 24.4 Å². The van der Waals surface area contributed by atoms with Crippen LogP contribution < -0.4 is 0 Å². The van der Waals surface area contributed by atoms with Gasteiger partial charge < -0.3 is 5.11 Å². The predicted molar refractivity (Wildman–Crippen MR) is 74.1 cm³/mol. The van der Waals surface area contributed by atoms with Crippen molar-refractivity contribution in [3.63, 3.8) is 0 Å². The molecule has 18 heavy (non-hydrogen) atoms. The molecule has 2 aromatic rings. The Hall–Kier alpha value is -1.09. The van der Waals surface area contributed by atoms with E-state index >= 15 is 0 Å². The summed E-state index contributed by atoms with van der Waals surface area (Å²) in [6.45, 7) is 1.94. The molecular formula is C14H13Cl2NO. The molecule has 4 heteroatoms. The molecule has 2 rings (SSSR count). The lowest BCUT2D eigenvalue weighted by Crippen LogP contribution is -2.05. The largest absolute Gasteiger partial charge is 0.388 e. The van der Waals surface area contributed by atoms with E-state index in [0.717, 1.165) is 16.7 Å². The van der Waals surface area contributed by atoms with Gasteiger partial charge in [-0.2, -0.15) is 0 Å². The summed E-state index contributed by atoms with van der Waals surface area (Å²) >= 11 is 12.1. The topological polar surface area (TPSA) is 33.1 Å². The normalized spacial score (nSPS) is 12.4. The highest BCUT2D eigenvalue weighted by Crippen LogP contribution is 2.29. The SMILES string of the molecule is Cc1ccncc1C(O)Cc1cccc(Cl)c1Cl. The molecule has 0 aliphatic carbocycles. The van der Waals surface area contributed by atoms with Crippen molar-refractivity contribution < 1.29 is 5.11 Å². The van der Waals surface area contributed by atoms with Crippen molar-refractivity contribution >= 4 is 23.2 Å². The van der Waals surface area contributed by atoms with E-state index in [1.807, 2.05) is 25.1 Å². The van der Waals surface area contributed by atoms with Gasteiger partial charge in [-0.05, 0) is 30.2 Å². The Balaban J connectivity index is 2.24. The summed E-state index contributed by atoms with van der Waals surface area (Å²) in [5, 5.41) is 11.2. The van der Waals surface area contributed by atoms with Crippen molar-refractivity contribution in [3.8, 4) is 0 Å². The summed E-state index contributed by atoms with van der Waals surface area (Å²) in [7, 11) is 0. The first-order chi connectivity index (χ1) is 8.59. The van der Waals surface area contributed by atoms with E-state index in [1.54, 1.807) is 18.5 Å². The van der Waals surface area contributed by atoms with Crippen molar-refractivity contribution in [1.82, 2.24) is 4.98 Å². The molecule has 1 unspecified atom stereocenters. The van der Waals surface area contributed by atoms with Crippen molar-refractivity contribution in [2.75, 3.05) is 0 Å². The molecule has 1 heterocycles. The summed E-state index contributed by atoms with van der Waals surface area (Å²) in [6, 6.07) is 7.29. The monoisotopic (exact) mass is 281 g/mol. The highest BCUT2D eigenvalue weighted by Gasteiger charge is 2.14. The van der Waals surface area contributed by atoms with Crippen LogP contribution in [0.4, 0.5) is 0 Å². The van der Waals surface area contributed by atoms with Gasteiger partial charge in [-0.25, -0.2) is 0 Å². The molecule has 1 aromatic heterocycles. The van der Waals surface area contributed by atoms with Gasteiger partial charge in [-0.1, -0.05) is 35.3 Å². The first-order valence-electron chi connectivity index (χ1n) is 5.61. The molecule has 0 bridgehead atoms. The Kier molecular flexibility index (Phi) is 4.23. The Bertz CT molecular complexity index is 557. The number of benzene rings is 1. The summed E-state index contributed by atoms with van der Waals surface area (Å²) in [6.07, 6.45) is 3.18. The van der Waals surface area contributed by atoms with Gasteiger partial charge in [0.15, 0.2) is 0 Å². The van der Waals surface area contributed by atoms with Gasteiger partial charge in [0.1, 0.15) is 0 Å². The maximum absolute atomic E-state index is 10.2. The lowest BCUT2D eigenvalue weighted by atomic mass is 9.99. The number of aryl methyl sites for hydroxylation is 1. The Morgan fingerprint density at radius 2 is 2.06 bits per heavy atom. The van der Waals surface area contributed by atoms with Crippen LogP contribution >= 0.6 is 23.2 Å². The Morgan fingerprint density at radius 1 is 1.28 bits per heavy atom. The molecule has 1 aromatic carbocycles. The van der Waals surface area contributed by atoms with Crippen LogP contribution in [0.2, 0.25) is 10.0 Å². The van der Waals surface area contributed by atoms with Gasteiger partial charge in [-0.15, -0.1) is 0 Å². The summed E-state index contributed by atoms with van der Waals surface area (Å²) in [5.41, 5.74) is 2.66. The minimum absolute atomic E-state index is 0.423. The fraction of sp³-hybridized carbons (Fsp3) is 0.214. The zero-order chi connectivity index (χ0) is 13.1. The summed E-state index contributed by atoms with van der Waals surface area (Å²) < 4.78 is 0. The van der Waals surface area contributed by atoms with Gasteiger partial charge in [0.05, 0.1) is 16.1 Å². The van der Waals surface area contributed by atoms with E-state index in [2.05, 4.69) is 4.98 Å².